The molecular weight excluding hydrogens is 590 g/mol. The second-order valence-electron chi connectivity index (χ2n) is 10.5. The number of aryl methyl sites for hydroxylation is 1. The molecule has 0 fully saturated rings. The van der Waals surface area contributed by atoms with Crippen molar-refractivity contribution in [2.75, 3.05) is 30.3 Å². The number of aliphatic carboxylic acids is 1. The Morgan fingerprint density at radius 2 is 1.77 bits per heavy atom. The number of carbonyl (C=O) groups excluding carboxylic acids is 1. The standard InChI is InChI=1S/C32H37NO8S2/c1-4-42-19-24(15-22-10-12-29-30(17-22)41-20-40-29)39-18-23-9-11-26(27(16-23)25-8-6-5-7-21(25)2)31(34)33-28(32(35)36)13-14-43(3,37)38/h5-12,16-17,24,28H,4,13-15,18-20H2,1-3H3,(H,33,34)(H,35,36)/t24-,28+/m1/s1. The number of rotatable bonds is 15. The van der Waals surface area contributed by atoms with E-state index in [1.807, 2.05) is 55.5 Å². The van der Waals surface area contributed by atoms with Crippen molar-refractivity contribution >= 4 is 33.5 Å². The van der Waals surface area contributed by atoms with Crippen molar-refractivity contribution in [3.8, 4) is 22.6 Å². The highest BCUT2D eigenvalue weighted by Gasteiger charge is 2.24. The summed E-state index contributed by atoms with van der Waals surface area (Å²) >= 11 is 1.80. The van der Waals surface area contributed by atoms with Gasteiger partial charge in [-0.3, -0.25) is 4.79 Å². The fourth-order valence-corrected chi connectivity index (χ4v) is 6.14. The summed E-state index contributed by atoms with van der Waals surface area (Å²) in [5.41, 5.74) is 4.65. The molecule has 1 heterocycles. The van der Waals surface area contributed by atoms with E-state index >= 15 is 0 Å². The summed E-state index contributed by atoms with van der Waals surface area (Å²) in [6, 6.07) is 17.6. The van der Waals surface area contributed by atoms with Crippen LogP contribution in [0.3, 0.4) is 0 Å². The lowest BCUT2D eigenvalue weighted by molar-refractivity contribution is -0.139. The maximum atomic E-state index is 13.4. The first-order valence-electron chi connectivity index (χ1n) is 14.0. The van der Waals surface area contributed by atoms with Gasteiger partial charge in [-0.15, -0.1) is 0 Å². The summed E-state index contributed by atoms with van der Waals surface area (Å²) in [5.74, 6) is 1.00. The van der Waals surface area contributed by atoms with Gasteiger partial charge < -0.3 is 24.6 Å². The van der Waals surface area contributed by atoms with Gasteiger partial charge in [-0.1, -0.05) is 43.3 Å². The molecular formula is C32H37NO8S2. The van der Waals surface area contributed by atoms with Crippen LogP contribution in [0.15, 0.2) is 60.7 Å². The van der Waals surface area contributed by atoms with Gasteiger partial charge in [0.1, 0.15) is 15.9 Å². The molecule has 1 aliphatic heterocycles. The van der Waals surface area contributed by atoms with Gasteiger partial charge in [0.15, 0.2) is 11.5 Å². The molecule has 2 atom stereocenters. The van der Waals surface area contributed by atoms with Gasteiger partial charge in [-0.05, 0) is 77.6 Å². The molecule has 1 amide bonds. The topological polar surface area (TPSA) is 128 Å². The first-order chi connectivity index (χ1) is 20.5. The smallest absolute Gasteiger partial charge is 0.326 e. The van der Waals surface area contributed by atoms with Crippen LogP contribution in [-0.4, -0.2) is 67.9 Å². The third-order valence-corrected chi connectivity index (χ3v) is 9.03. The summed E-state index contributed by atoms with van der Waals surface area (Å²) < 4.78 is 40.6. The second-order valence-corrected chi connectivity index (χ2v) is 14.0. The minimum absolute atomic E-state index is 0.0682. The van der Waals surface area contributed by atoms with Crippen molar-refractivity contribution in [2.24, 2.45) is 0 Å². The van der Waals surface area contributed by atoms with Crippen LogP contribution in [0.1, 0.15) is 40.4 Å². The quantitative estimate of drug-likeness (QED) is 0.242. The van der Waals surface area contributed by atoms with Crippen molar-refractivity contribution in [2.45, 2.75) is 45.4 Å². The summed E-state index contributed by atoms with van der Waals surface area (Å²) in [7, 11) is -3.40. The van der Waals surface area contributed by atoms with E-state index in [0.717, 1.165) is 51.5 Å². The molecule has 230 valence electrons. The third-order valence-electron chi connectivity index (χ3n) is 7.04. The number of thioether (sulfide) groups is 1. The molecule has 0 saturated heterocycles. The summed E-state index contributed by atoms with van der Waals surface area (Å²) in [6.07, 6.45) is 1.43. The van der Waals surface area contributed by atoms with Crippen LogP contribution < -0.4 is 14.8 Å². The van der Waals surface area contributed by atoms with E-state index < -0.39 is 27.8 Å². The highest BCUT2D eigenvalue weighted by molar-refractivity contribution is 7.99. The summed E-state index contributed by atoms with van der Waals surface area (Å²) in [6.45, 7) is 4.58. The van der Waals surface area contributed by atoms with Crippen LogP contribution in [-0.2, 0) is 32.4 Å². The number of amides is 1. The van der Waals surface area contributed by atoms with Crippen molar-refractivity contribution in [3.63, 3.8) is 0 Å². The van der Waals surface area contributed by atoms with E-state index in [0.29, 0.717) is 24.2 Å². The largest absolute Gasteiger partial charge is 0.480 e. The summed E-state index contributed by atoms with van der Waals surface area (Å²) in [4.78, 5) is 25.2. The van der Waals surface area contributed by atoms with E-state index in [1.165, 1.54) is 0 Å². The highest BCUT2D eigenvalue weighted by atomic mass is 32.2. The van der Waals surface area contributed by atoms with E-state index in [1.54, 1.807) is 23.9 Å². The Balaban J connectivity index is 1.56. The molecule has 4 rings (SSSR count). The molecule has 1 aliphatic rings. The molecule has 11 heteroatoms. The Bertz CT molecular complexity index is 1560. The van der Waals surface area contributed by atoms with Crippen LogP contribution >= 0.6 is 11.8 Å². The number of carboxylic acids is 1. The Kier molecular flexibility index (Phi) is 11.1. The molecule has 43 heavy (non-hydrogen) atoms. The SMILES string of the molecule is CCSC[C@@H](Cc1ccc2c(c1)OCO2)OCc1ccc(C(=O)N[C@@H](CCS(C)(=O)=O)C(=O)O)c(-c2ccccc2C)c1. The van der Waals surface area contributed by atoms with Crippen LogP contribution in [0.25, 0.3) is 11.1 Å². The van der Waals surface area contributed by atoms with E-state index in [-0.39, 0.29) is 25.1 Å². The van der Waals surface area contributed by atoms with E-state index in [4.69, 9.17) is 14.2 Å². The lowest BCUT2D eigenvalue weighted by atomic mass is 9.93. The number of hydrogen-bond donors (Lipinski definition) is 2. The Morgan fingerprint density at radius 3 is 2.49 bits per heavy atom. The molecule has 0 aliphatic carbocycles. The first kappa shape index (κ1) is 32.4. The molecule has 0 saturated carbocycles. The number of ether oxygens (including phenoxy) is 3. The maximum absolute atomic E-state index is 13.4. The number of fused-ring (bicyclic) bond motifs is 1. The van der Waals surface area contributed by atoms with E-state index in [9.17, 15) is 23.1 Å². The van der Waals surface area contributed by atoms with Gasteiger partial charge in [0.2, 0.25) is 6.79 Å². The molecule has 0 spiro atoms. The lowest BCUT2D eigenvalue weighted by Crippen LogP contribution is -2.42. The second kappa shape index (κ2) is 14.8. The van der Waals surface area contributed by atoms with Gasteiger partial charge in [0.05, 0.1) is 18.5 Å². The van der Waals surface area contributed by atoms with Gasteiger partial charge in [-0.2, -0.15) is 11.8 Å². The minimum atomic E-state index is -3.40. The number of benzene rings is 3. The third kappa shape index (κ3) is 9.22. The highest BCUT2D eigenvalue weighted by Crippen LogP contribution is 2.33. The maximum Gasteiger partial charge on any atom is 0.326 e. The first-order valence-corrected chi connectivity index (χ1v) is 17.2. The normalized spacial score (nSPS) is 13.8. The Hall–Kier alpha value is -3.54. The number of carboxylic acid groups (broad SMARTS) is 1. The zero-order chi connectivity index (χ0) is 31.0. The lowest BCUT2D eigenvalue weighted by Gasteiger charge is -2.20. The average molecular weight is 628 g/mol. The predicted octanol–water partition coefficient (Wildman–Crippen LogP) is 4.89. The number of hydrogen-bond acceptors (Lipinski definition) is 8. The fourth-order valence-electron chi connectivity index (χ4n) is 4.76. The van der Waals surface area contributed by atoms with Gasteiger partial charge >= 0.3 is 5.97 Å². The van der Waals surface area contributed by atoms with Crippen LogP contribution in [0.2, 0.25) is 0 Å². The zero-order valence-corrected chi connectivity index (χ0v) is 26.1. The van der Waals surface area contributed by atoms with E-state index in [2.05, 4.69) is 12.2 Å². The van der Waals surface area contributed by atoms with Crippen molar-refractivity contribution in [1.82, 2.24) is 5.32 Å². The molecule has 0 bridgehead atoms. The Labute approximate surface area is 256 Å². The van der Waals surface area contributed by atoms with Crippen molar-refractivity contribution in [1.29, 1.82) is 0 Å². The van der Waals surface area contributed by atoms with Crippen LogP contribution in [0.5, 0.6) is 11.5 Å². The fraction of sp³-hybridized carbons (Fsp3) is 0.375. The Morgan fingerprint density at radius 1 is 1.02 bits per heavy atom. The van der Waals surface area contributed by atoms with Crippen LogP contribution in [0, 0.1) is 6.92 Å². The number of nitrogens with one attached hydrogen (secondary N) is 1. The predicted molar refractivity (Wildman–Crippen MR) is 168 cm³/mol. The molecule has 0 radical (unpaired) electrons. The molecule has 0 unspecified atom stereocenters. The average Bonchev–Trinajstić information content (AvgIpc) is 3.44. The molecule has 3 aromatic rings. The molecule has 2 N–H and O–H groups in total. The van der Waals surface area contributed by atoms with Crippen molar-refractivity contribution < 1.29 is 37.3 Å². The number of carbonyl (C=O) groups is 2. The van der Waals surface area contributed by atoms with Gasteiger partial charge in [-0.25, -0.2) is 13.2 Å². The molecule has 9 nitrogen and oxygen atoms in total. The molecule has 3 aromatic carbocycles. The van der Waals surface area contributed by atoms with Gasteiger partial charge in [0, 0.05) is 17.6 Å². The monoisotopic (exact) mass is 627 g/mol. The van der Waals surface area contributed by atoms with Gasteiger partial charge in [0.25, 0.3) is 5.91 Å². The zero-order valence-electron chi connectivity index (χ0n) is 24.5. The summed E-state index contributed by atoms with van der Waals surface area (Å²) in [5, 5.41) is 12.2. The molecule has 0 aromatic heterocycles. The minimum Gasteiger partial charge on any atom is -0.480 e. The number of sulfone groups is 1. The van der Waals surface area contributed by atoms with Crippen molar-refractivity contribution in [3.05, 3.63) is 82.9 Å². The van der Waals surface area contributed by atoms with Crippen LogP contribution in [0.4, 0.5) is 0 Å².